The molecule has 1 N–H and O–H groups in total. The van der Waals surface area contributed by atoms with Gasteiger partial charge in [0.1, 0.15) is 18.2 Å². The van der Waals surface area contributed by atoms with Crippen LogP contribution in [-0.4, -0.2) is 22.7 Å². The Bertz CT molecular complexity index is 1440. The largest absolute Gasteiger partial charge is 0.487 e. The number of hydrogen-bond donors (Lipinski definition) is 1. The van der Waals surface area contributed by atoms with Crippen molar-refractivity contribution in [2.75, 3.05) is 0 Å². The molecular weight excluding hydrogens is 485 g/mol. The minimum absolute atomic E-state index is 0.124. The predicted octanol–water partition coefficient (Wildman–Crippen LogP) is 6.12. The minimum atomic E-state index is -1.35. The van der Waals surface area contributed by atoms with E-state index in [-0.39, 0.29) is 17.4 Å². The van der Waals surface area contributed by atoms with Gasteiger partial charge in [0, 0.05) is 36.9 Å². The van der Waals surface area contributed by atoms with E-state index in [0.717, 1.165) is 16.5 Å². The van der Waals surface area contributed by atoms with Crippen LogP contribution in [0.15, 0.2) is 72.9 Å². The van der Waals surface area contributed by atoms with Crippen LogP contribution in [0.1, 0.15) is 36.5 Å². The van der Waals surface area contributed by atoms with Gasteiger partial charge < -0.3 is 19.2 Å². The minimum Gasteiger partial charge on any atom is -0.487 e. The van der Waals surface area contributed by atoms with Crippen LogP contribution >= 0.6 is 11.6 Å². The number of rotatable bonds is 6. The van der Waals surface area contributed by atoms with E-state index < -0.39 is 29.6 Å². The predicted molar refractivity (Wildman–Crippen MR) is 132 cm³/mol. The van der Waals surface area contributed by atoms with Gasteiger partial charge in [-0.3, -0.25) is 9.59 Å². The standard InChI is InChI=1S/C28H23ClFNO5/c1-28(2)35-26(32)25(27(33)36-28)24(20-14-31-22-9-4-3-8-19(20)22)17-10-11-23(21(29)13-17)34-15-16-6-5-7-18(30)12-16/h3-14,24-25,31H,15H2,1-2H3/t24-/m0/s1. The summed E-state index contributed by atoms with van der Waals surface area (Å²) >= 11 is 6.57. The van der Waals surface area contributed by atoms with Gasteiger partial charge in [-0.1, -0.05) is 48.0 Å². The topological polar surface area (TPSA) is 77.6 Å². The Morgan fingerprint density at radius 3 is 2.50 bits per heavy atom. The molecular formula is C28H23ClFNO5. The molecule has 5 rings (SSSR count). The molecule has 1 aliphatic heterocycles. The summed E-state index contributed by atoms with van der Waals surface area (Å²) in [6, 6.07) is 18.8. The molecule has 8 heteroatoms. The Morgan fingerprint density at radius 2 is 1.78 bits per heavy atom. The second-order valence-electron chi connectivity index (χ2n) is 9.10. The molecule has 1 atom stereocenters. The average Bonchev–Trinajstić information content (AvgIpc) is 3.24. The van der Waals surface area contributed by atoms with Crippen molar-refractivity contribution in [1.29, 1.82) is 0 Å². The van der Waals surface area contributed by atoms with Gasteiger partial charge in [-0.05, 0) is 47.0 Å². The van der Waals surface area contributed by atoms with Crippen LogP contribution in [0.4, 0.5) is 4.39 Å². The molecule has 2 heterocycles. The van der Waals surface area contributed by atoms with Gasteiger partial charge in [0.15, 0.2) is 5.92 Å². The average molecular weight is 508 g/mol. The van der Waals surface area contributed by atoms with Crippen LogP contribution in [0.25, 0.3) is 10.9 Å². The normalized spacial score (nSPS) is 16.4. The number of halogens is 2. The molecule has 0 aliphatic carbocycles. The maximum Gasteiger partial charge on any atom is 0.324 e. The summed E-state index contributed by atoms with van der Waals surface area (Å²) in [4.78, 5) is 29.4. The van der Waals surface area contributed by atoms with Gasteiger partial charge in [0.25, 0.3) is 5.79 Å². The maximum atomic E-state index is 13.5. The number of aromatic nitrogens is 1. The zero-order valence-corrected chi connectivity index (χ0v) is 20.3. The molecule has 1 aliphatic rings. The van der Waals surface area contributed by atoms with Crippen molar-refractivity contribution < 1.29 is 28.2 Å². The highest BCUT2D eigenvalue weighted by molar-refractivity contribution is 6.32. The molecule has 1 aromatic heterocycles. The molecule has 1 saturated heterocycles. The fraction of sp³-hybridized carbons (Fsp3) is 0.214. The third-order valence-corrected chi connectivity index (χ3v) is 6.38. The number of benzene rings is 3. The van der Waals surface area contributed by atoms with Gasteiger partial charge >= 0.3 is 11.9 Å². The van der Waals surface area contributed by atoms with E-state index in [4.69, 9.17) is 25.8 Å². The van der Waals surface area contributed by atoms with Crippen molar-refractivity contribution in [3.63, 3.8) is 0 Å². The molecule has 1 fully saturated rings. The number of carbonyl (C=O) groups is 2. The van der Waals surface area contributed by atoms with E-state index in [1.165, 1.54) is 26.0 Å². The van der Waals surface area contributed by atoms with E-state index in [0.29, 0.717) is 16.9 Å². The molecule has 0 spiro atoms. The summed E-state index contributed by atoms with van der Waals surface area (Å²) in [7, 11) is 0. The van der Waals surface area contributed by atoms with Gasteiger partial charge in [-0.15, -0.1) is 0 Å². The molecule has 36 heavy (non-hydrogen) atoms. The van der Waals surface area contributed by atoms with Crippen molar-refractivity contribution >= 4 is 34.4 Å². The first-order valence-corrected chi connectivity index (χ1v) is 11.8. The van der Waals surface area contributed by atoms with Crippen LogP contribution in [0.2, 0.25) is 5.02 Å². The van der Waals surface area contributed by atoms with Crippen LogP contribution in [0.3, 0.4) is 0 Å². The van der Waals surface area contributed by atoms with E-state index in [2.05, 4.69) is 4.98 Å². The Morgan fingerprint density at radius 1 is 1.03 bits per heavy atom. The number of hydrogen-bond acceptors (Lipinski definition) is 5. The number of para-hydroxylation sites is 1. The van der Waals surface area contributed by atoms with Crippen molar-refractivity contribution in [2.45, 2.75) is 32.2 Å². The Hall–Kier alpha value is -3.84. The summed E-state index contributed by atoms with van der Waals surface area (Å²) < 4.78 is 30.2. The lowest BCUT2D eigenvalue weighted by atomic mass is 9.80. The molecule has 0 radical (unpaired) electrons. The Kier molecular flexibility index (Phi) is 6.18. The second kappa shape index (κ2) is 9.32. The van der Waals surface area contributed by atoms with Gasteiger partial charge in [-0.2, -0.15) is 0 Å². The Balaban J connectivity index is 1.52. The lowest BCUT2D eigenvalue weighted by molar-refractivity contribution is -0.240. The van der Waals surface area contributed by atoms with E-state index in [1.54, 1.807) is 36.5 Å². The third kappa shape index (κ3) is 4.66. The van der Waals surface area contributed by atoms with Crippen molar-refractivity contribution in [3.05, 3.63) is 100 Å². The monoisotopic (exact) mass is 507 g/mol. The van der Waals surface area contributed by atoms with Crippen LogP contribution < -0.4 is 4.74 Å². The van der Waals surface area contributed by atoms with Crippen LogP contribution in [0, 0.1) is 11.7 Å². The van der Waals surface area contributed by atoms with Crippen LogP contribution in [-0.2, 0) is 25.7 Å². The molecule has 3 aromatic carbocycles. The number of H-pyrrole nitrogens is 1. The van der Waals surface area contributed by atoms with E-state index in [9.17, 15) is 14.0 Å². The zero-order valence-electron chi connectivity index (χ0n) is 19.6. The van der Waals surface area contributed by atoms with Crippen molar-refractivity contribution in [2.24, 2.45) is 5.92 Å². The van der Waals surface area contributed by atoms with Gasteiger partial charge in [-0.25, -0.2) is 4.39 Å². The maximum absolute atomic E-state index is 13.5. The SMILES string of the molecule is CC1(C)OC(=O)C([C@@H](c2ccc(OCc3cccc(F)c3)c(Cl)c2)c2c[nH]c3ccccc23)C(=O)O1. The number of aromatic amines is 1. The summed E-state index contributed by atoms with van der Waals surface area (Å²) in [5.74, 6) is -4.62. The summed E-state index contributed by atoms with van der Waals surface area (Å²) in [5, 5.41) is 1.14. The number of fused-ring (bicyclic) bond motifs is 1. The smallest absolute Gasteiger partial charge is 0.324 e. The van der Waals surface area contributed by atoms with E-state index >= 15 is 0 Å². The molecule has 0 bridgehead atoms. The van der Waals surface area contributed by atoms with E-state index in [1.807, 2.05) is 24.3 Å². The lowest BCUT2D eigenvalue weighted by Crippen LogP contribution is -2.48. The number of ether oxygens (including phenoxy) is 3. The Labute approximate surface area is 211 Å². The third-order valence-electron chi connectivity index (χ3n) is 6.09. The molecule has 0 saturated carbocycles. The van der Waals surface area contributed by atoms with Gasteiger partial charge in [0.05, 0.1) is 5.02 Å². The quantitative estimate of drug-likeness (QED) is 0.251. The van der Waals surface area contributed by atoms with Crippen molar-refractivity contribution in [1.82, 2.24) is 4.98 Å². The molecule has 4 aromatic rings. The first kappa shape index (κ1) is 23.9. The molecule has 184 valence electrons. The summed E-state index contributed by atoms with van der Waals surface area (Å²) in [5.41, 5.74) is 2.86. The highest BCUT2D eigenvalue weighted by Gasteiger charge is 2.48. The molecule has 6 nitrogen and oxygen atoms in total. The molecule has 0 unspecified atom stereocenters. The first-order valence-electron chi connectivity index (χ1n) is 11.4. The number of cyclic esters (lactones) is 2. The first-order chi connectivity index (χ1) is 17.2. The second-order valence-corrected chi connectivity index (χ2v) is 9.50. The highest BCUT2D eigenvalue weighted by atomic mass is 35.5. The highest BCUT2D eigenvalue weighted by Crippen LogP contribution is 2.42. The lowest BCUT2D eigenvalue weighted by Gasteiger charge is -2.36. The summed E-state index contributed by atoms with van der Waals surface area (Å²) in [6.07, 6.45) is 1.78. The van der Waals surface area contributed by atoms with Gasteiger partial charge in [0.2, 0.25) is 0 Å². The fourth-order valence-corrected chi connectivity index (χ4v) is 4.76. The fourth-order valence-electron chi connectivity index (χ4n) is 4.52. The van der Waals surface area contributed by atoms with Crippen LogP contribution in [0.5, 0.6) is 5.75 Å². The number of esters is 2. The van der Waals surface area contributed by atoms with Crippen molar-refractivity contribution in [3.8, 4) is 5.75 Å². The summed E-state index contributed by atoms with van der Waals surface area (Å²) in [6.45, 7) is 3.15. The number of carbonyl (C=O) groups excluding carboxylic acids is 2. The zero-order chi connectivity index (χ0) is 25.4. The molecule has 0 amide bonds. The number of nitrogens with one attached hydrogen (secondary N) is 1.